The Bertz CT molecular complexity index is 1330. The number of aryl methyl sites for hydroxylation is 2. The van der Waals surface area contributed by atoms with Crippen LogP contribution in [0.5, 0.6) is 0 Å². The third-order valence-electron chi connectivity index (χ3n) is 6.16. The first-order chi connectivity index (χ1) is 17.3. The van der Waals surface area contributed by atoms with Crippen LogP contribution in [0, 0.1) is 12.7 Å². The van der Waals surface area contributed by atoms with Gasteiger partial charge in [0.2, 0.25) is 0 Å². The maximum absolute atomic E-state index is 13.7. The Kier molecular flexibility index (Phi) is 7.95. The first kappa shape index (κ1) is 25.3. The van der Waals surface area contributed by atoms with Gasteiger partial charge in [0.05, 0.1) is 9.88 Å². The van der Waals surface area contributed by atoms with Crippen LogP contribution in [0.1, 0.15) is 38.0 Å². The highest BCUT2D eigenvalue weighted by atomic mass is 32.1. The van der Waals surface area contributed by atoms with Crippen LogP contribution in [-0.2, 0) is 13.5 Å². The number of nitrogens with one attached hydrogen (secondary N) is 1. The molecule has 1 N–H and O–H groups in total. The van der Waals surface area contributed by atoms with E-state index in [-0.39, 0.29) is 23.7 Å². The maximum Gasteiger partial charge on any atom is 0.273 e. The number of halogens is 1. The van der Waals surface area contributed by atoms with Gasteiger partial charge in [-0.2, -0.15) is 0 Å². The minimum atomic E-state index is -0.328. The van der Waals surface area contributed by atoms with Gasteiger partial charge in [0, 0.05) is 32.9 Å². The van der Waals surface area contributed by atoms with Crippen LogP contribution in [0.4, 0.5) is 4.39 Å². The predicted molar refractivity (Wildman–Crippen MR) is 141 cm³/mol. The third-order valence-corrected chi connectivity index (χ3v) is 7.18. The van der Waals surface area contributed by atoms with Crippen molar-refractivity contribution in [2.45, 2.75) is 25.8 Å². The largest absolute Gasteiger partial charge is 0.351 e. The Morgan fingerprint density at radius 3 is 2.47 bits per heavy atom. The number of carbonyl (C=O) groups excluding carboxylic acids is 2. The summed E-state index contributed by atoms with van der Waals surface area (Å²) in [5.41, 5.74) is 2.80. The van der Waals surface area contributed by atoms with Crippen molar-refractivity contribution in [1.29, 1.82) is 0 Å². The molecule has 8 heteroatoms. The minimum Gasteiger partial charge on any atom is -0.351 e. The van der Waals surface area contributed by atoms with Gasteiger partial charge in [0.1, 0.15) is 17.2 Å². The lowest BCUT2D eigenvalue weighted by Crippen LogP contribution is -2.41. The fourth-order valence-corrected chi connectivity index (χ4v) is 5.08. The Hall–Kier alpha value is -3.78. The Morgan fingerprint density at radius 1 is 1.08 bits per heavy atom. The molecule has 0 spiro atoms. The lowest BCUT2D eigenvalue weighted by atomic mass is 10.0. The van der Waals surface area contributed by atoms with Crippen molar-refractivity contribution < 1.29 is 14.0 Å². The lowest BCUT2D eigenvalue weighted by molar-refractivity contribution is 0.0718. The zero-order chi connectivity index (χ0) is 25.7. The van der Waals surface area contributed by atoms with Crippen molar-refractivity contribution >= 4 is 23.2 Å². The first-order valence-corrected chi connectivity index (χ1v) is 12.6. The molecular formula is C28H29FN4O2S. The summed E-state index contributed by atoms with van der Waals surface area (Å²) in [7, 11) is 3.60. The Balaban J connectivity index is 1.54. The third kappa shape index (κ3) is 5.88. The summed E-state index contributed by atoms with van der Waals surface area (Å²) in [5.74, 6) is -0.678. The molecule has 2 aromatic heterocycles. The van der Waals surface area contributed by atoms with Crippen LogP contribution in [-0.4, -0.2) is 45.9 Å². The smallest absolute Gasteiger partial charge is 0.273 e. The summed E-state index contributed by atoms with van der Waals surface area (Å²) in [6.07, 6.45) is 3.04. The summed E-state index contributed by atoms with van der Waals surface area (Å²) in [4.78, 5) is 33.2. The predicted octanol–water partition coefficient (Wildman–Crippen LogP) is 5.10. The number of thiazole rings is 1. The molecule has 0 fully saturated rings. The lowest BCUT2D eigenvalue weighted by Gasteiger charge is -2.28. The first-order valence-electron chi connectivity index (χ1n) is 11.8. The summed E-state index contributed by atoms with van der Waals surface area (Å²) in [5, 5.41) is 3.74. The monoisotopic (exact) mass is 504 g/mol. The second kappa shape index (κ2) is 11.3. The van der Waals surface area contributed by atoms with Crippen LogP contribution in [0.2, 0.25) is 0 Å². The molecule has 6 nitrogen and oxygen atoms in total. The average molecular weight is 505 g/mol. The minimum absolute atomic E-state index is 0.149. The standard InChI is InChI=1S/C28H29FN4O2S/c1-19-31-25(26(36-19)21-11-13-22(29)14-12-21)28(35)33(3)23(18-20-8-5-4-6-9-20)15-16-30-27(34)24-10-7-17-32(24)2/h4-14,17,23H,15-16,18H2,1-3H3,(H,30,34). The number of amides is 2. The van der Waals surface area contributed by atoms with E-state index in [1.165, 1.54) is 23.5 Å². The molecule has 2 heterocycles. The summed E-state index contributed by atoms with van der Waals surface area (Å²) >= 11 is 1.42. The van der Waals surface area contributed by atoms with E-state index in [1.807, 2.05) is 56.6 Å². The number of hydrogen-bond acceptors (Lipinski definition) is 4. The van der Waals surface area contributed by atoms with Gasteiger partial charge in [-0.3, -0.25) is 9.59 Å². The highest BCUT2D eigenvalue weighted by molar-refractivity contribution is 7.15. The van der Waals surface area contributed by atoms with Gasteiger partial charge in [0.25, 0.3) is 11.8 Å². The molecule has 0 radical (unpaired) electrons. The van der Waals surface area contributed by atoms with Crippen LogP contribution in [0.3, 0.4) is 0 Å². The van der Waals surface area contributed by atoms with Crippen LogP contribution in [0.25, 0.3) is 10.4 Å². The number of benzene rings is 2. The van der Waals surface area contributed by atoms with Crippen molar-refractivity contribution in [2.24, 2.45) is 7.05 Å². The molecule has 4 rings (SSSR count). The molecule has 36 heavy (non-hydrogen) atoms. The molecule has 1 atom stereocenters. The average Bonchev–Trinajstić information content (AvgIpc) is 3.49. The summed E-state index contributed by atoms with van der Waals surface area (Å²) in [6, 6.07) is 19.5. The molecule has 4 aromatic rings. The molecule has 0 aliphatic carbocycles. The highest BCUT2D eigenvalue weighted by Crippen LogP contribution is 2.31. The van der Waals surface area contributed by atoms with Crippen molar-refractivity contribution in [1.82, 2.24) is 19.8 Å². The maximum atomic E-state index is 13.7. The van der Waals surface area contributed by atoms with Gasteiger partial charge in [0.15, 0.2) is 0 Å². The van der Waals surface area contributed by atoms with E-state index in [0.29, 0.717) is 30.8 Å². The van der Waals surface area contributed by atoms with Crippen LogP contribution < -0.4 is 5.32 Å². The molecular weight excluding hydrogens is 475 g/mol. The summed E-state index contributed by atoms with van der Waals surface area (Å²) in [6.45, 7) is 2.27. The van der Waals surface area contributed by atoms with Crippen molar-refractivity contribution in [3.8, 4) is 10.4 Å². The Labute approximate surface area is 214 Å². The number of likely N-dealkylation sites (N-methyl/N-ethyl adjacent to an activating group) is 1. The van der Waals surface area contributed by atoms with Gasteiger partial charge in [-0.1, -0.05) is 42.5 Å². The molecule has 0 aliphatic heterocycles. The molecule has 0 aliphatic rings. The van der Waals surface area contributed by atoms with Crippen molar-refractivity contribution in [3.05, 3.63) is 101 Å². The fraction of sp³-hybridized carbons (Fsp3) is 0.250. The van der Waals surface area contributed by atoms with Gasteiger partial charge in [-0.25, -0.2) is 9.37 Å². The van der Waals surface area contributed by atoms with E-state index in [4.69, 9.17) is 0 Å². The molecule has 186 valence electrons. The van der Waals surface area contributed by atoms with E-state index >= 15 is 0 Å². The molecule has 2 amide bonds. The van der Waals surface area contributed by atoms with E-state index < -0.39 is 0 Å². The molecule has 0 bridgehead atoms. The zero-order valence-corrected chi connectivity index (χ0v) is 21.4. The van der Waals surface area contributed by atoms with E-state index in [9.17, 15) is 14.0 Å². The van der Waals surface area contributed by atoms with Gasteiger partial charge in [-0.05, 0) is 55.2 Å². The molecule has 0 saturated carbocycles. The fourth-order valence-electron chi connectivity index (χ4n) is 4.16. The number of carbonyl (C=O) groups is 2. The topological polar surface area (TPSA) is 67.2 Å². The van der Waals surface area contributed by atoms with Crippen LogP contribution >= 0.6 is 11.3 Å². The zero-order valence-electron chi connectivity index (χ0n) is 20.6. The number of nitrogens with zero attached hydrogens (tertiary/aromatic N) is 3. The van der Waals surface area contributed by atoms with Gasteiger partial charge < -0.3 is 14.8 Å². The van der Waals surface area contributed by atoms with E-state index in [1.54, 1.807) is 34.7 Å². The number of aromatic nitrogens is 2. The SMILES string of the molecule is Cc1nc(C(=O)N(C)C(CCNC(=O)c2cccn2C)Cc2ccccc2)c(-c2ccc(F)cc2)s1. The van der Waals surface area contributed by atoms with Gasteiger partial charge >= 0.3 is 0 Å². The van der Waals surface area contributed by atoms with E-state index in [2.05, 4.69) is 10.3 Å². The number of hydrogen-bond donors (Lipinski definition) is 1. The number of rotatable bonds is 9. The molecule has 0 saturated heterocycles. The molecule has 2 aromatic carbocycles. The van der Waals surface area contributed by atoms with Crippen LogP contribution in [0.15, 0.2) is 72.9 Å². The Morgan fingerprint density at radius 2 is 1.81 bits per heavy atom. The van der Waals surface area contributed by atoms with Gasteiger partial charge in [-0.15, -0.1) is 11.3 Å². The highest BCUT2D eigenvalue weighted by Gasteiger charge is 2.27. The normalized spacial score (nSPS) is 11.8. The summed E-state index contributed by atoms with van der Waals surface area (Å²) < 4.78 is 15.2. The van der Waals surface area contributed by atoms with Crippen molar-refractivity contribution in [3.63, 3.8) is 0 Å². The second-order valence-corrected chi connectivity index (χ2v) is 9.93. The quantitative estimate of drug-likeness (QED) is 0.345. The van der Waals surface area contributed by atoms with E-state index in [0.717, 1.165) is 21.0 Å². The molecule has 1 unspecified atom stereocenters. The van der Waals surface area contributed by atoms with Crippen molar-refractivity contribution in [2.75, 3.05) is 13.6 Å². The second-order valence-electron chi connectivity index (χ2n) is 8.73.